The SMILES string of the molecule is CCOc1cc(/C=C2\SC(=O)N(CC)C2=O)ccc1OCC(=O)[O-]. The van der Waals surface area contributed by atoms with Crippen LogP contribution in [0.3, 0.4) is 0 Å². The van der Waals surface area contributed by atoms with E-state index in [0.717, 1.165) is 16.7 Å². The molecule has 2 rings (SSSR count). The molecule has 2 amide bonds. The predicted octanol–water partition coefficient (Wildman–Crippen LogP) is 1.27. The Balaban J connectivity index is 2.26. The molecule has 0 atom stereocenters. The number of amides is 2. The third-order valence-corrected chi connectivity index (χ3v) is 4.01. The number of rotatable bonds is 7. The van der Waals surface area contributed by atoms with Crippen molar-refractivity contribution in [3.63, 3.8) is 0 Å². The number of imide groups is 1. The molecule has 0 aliphatic carbocycles. The number of aliphatic carboxylic acids is 1. The Kier molecular flexibility index (Phi) is 5.86. The Bertz CT molecular complexity index is 700. The number of hydrogen-bond donors (Lipinski definition) is 0. The summed E-state index contributed by atoms with van der Waals surface area (Å²) in [6, 6.07) is 4.81. The van der Waals surface area contributed by atoms with Gasteiger partial charge in [0.25, 0.3) is 11.1 Å². The second-order valence-electron chi connectivity index (χ2n) is 4.73. The molecule has 0 N–H and O–H groups in total. The van der Waals surface area contributed by atoms with Gasteiger partial charge in [0.2, 0.25) is 0 Å². The number of ether oxygens (including phenoxy) is 2. The van der Waals surface area contributed by atoms with Gasteiger partial charge in [0.1, 0.15) is 6.61 Å². The summed E-state index contributed by atoms with van der Waals surface area (Å²) in [5.41, 5.74) is 0.640. The molecule has 8 heteroatoms. The van der Waals surface area contributed by atoms with Gasteiger partial charge in [-0.2, -0.15) is 0 Å². The van der Waals surface area contributed by atoms with Gasteiger partial charge < -0.3 is 19.4 Å². The van der Waals surface area contributed by atoms with Crippen molar-refractivity contribution < 1.29 is 29.0 Å². The molecular weight excluding hydrogens is 334 g/mol. The lowest BCUT2D eigenvalue weighted by Crippen LogP contribution is -2.29. The maximum atomic E-state index is 12.1. The first-order chi connectivity index (χ1) is 11.5. The fraction of sp³-hybridized carbons (Fsp3) is 0.312. The maximum absolute atomic E-state index is 12.1. The van der Waals surface area contributed by atoms with Crippen LogP contribution in [-0.2, 0) is 9.59 Å². The lowest BCUT2D eigenvalue weighted by Gasteiger charge is -2.13. The van der Waals surface area contributed by atoms with Crippen LogP contribution in [0.1, 0.15) is 19.4 Å². The largest absolute Gasteiger partial charge is 0.546 e. The van der Waals surface area contributed by atoms with Crippen molar-refractivity contribution in [1.29, 1.82) is 0 Å². The zero-order chi connectivity index (χ0) is 17.7. The van der Waals surface area contributed by atoms with Crippen LogP contribution < -0.4 is 14.6 Å². The van der Waals surface area contributed by atoms with E-state index in [2.05, 4.69) is 0 Å². The second-order valence-corrected chi connectivity index (χ2v) is 5.72. The van der Waals surface area contributed by atoms with Crippen molar-refractivity contribution in [2.24, 2.45) is 0 Å². The van der Waals surface area contributed by atoms with E-state index >= 15 is 0 Å². The van der Waals surface area contributed by atoms with Gasteiger partial charge in [-0.25, -0.2) is 0 Å². The van der Waals surface area contributed by atoms with Crippen molar-refractivity contribution in [3.05, 3.63) is 28.7 Å². The second kappa shape index (κ2) is 7.87. The van der Waals surface area contributed by atoms with E-state index in [1.54, 1.807) is 38.1 Å². The Morgan fingerprint density at radius 2 is 2.00 bits per heavy atom. The average molecular weight is 350 g/mol. The van der Waals surface area contributed by atoms with E-state index in [9.17, 15) is 19.5 Å². The normalized spacial score (nSPS) is 15.9. The smallest absolute Gasteiger partial charge is 0.293 e. The van der Waals surface area contributed by atoms with Gasteiger partial charge in [0.15, 0.2) is 11.5 Å². The highest BCUT2D eigenvalue weighted by Crippen LogP contribution is 2.34. The molecule has 1 aromatic carbocycles. The molecule has 1 aromatic rings. The fourth-order valence-electron chi connectivity index (χ4n) is 2.06. The highest BCUT2D eigenvalue weighted by molar-refractivity contribution is 8.18. The minimum absolute atomic E-state index is 0.264. The number of nitrogens with zero attached hydrogens (tertiary/aromatic N) is 1. The molecular formula is C16H16NO6S-. The first-order valence-corrected chi connectivity index (χ1v) is 8.12. The Morgan fingerprint density at radius 1 is 1.25 bits per heavy atom. The van der Waals surface area contributed by atoms with Crippen molar-refractivity contribution in [3.8, 4) is 11.5 Å². The fourth-order valence-corrected chi connectivity index (χ4v) is 2.97. The molecule has 24 heavy (non-hydrogen) atoms. The van der Waals surface area contributed by atoms with Crippen LogP contribution in [0.2, 0.25) is 0 Å². The van der Waals surface area contributed by atoms with Crippen LogP contribution in [0.25, 0.3) is 6.08 Å². The summed E-state index contributed by atoms with van der Waals surface area (Å²) in [6.07, 6.45) is 1.59. The predicted molar refractivity (Wildman–Crippen MR) is 86.5 cm³/mol. The van der Waals surface area contributed by atoms with Crippen LogP contribution >= 0.6 is 11.8 Å². The number of benzene rings is 1. The van der Waals surface area contributed by atoms with E-state index < -0.39 is 12.6 Å². The molecule has 0 spiro atoms. The molecule has 128 valence electrons. The van der Waals surface area contributed by atoms with Crippen LogP contribution in [0.5, 0.6) is 11.5 Å². The summed E-state index contributed by atoms with van der Waals surface area (Å²) < 4.78 is 10.5. The van der Waals surface area contributed by atoms with Crippen LogP contribution in [0.4, 0.5) is 4.79 Å². The zero-order valence-electron chi connectivity index (χ0n) is 13.2. The van der Waals surface area contributed by atoms with Gasteiger partial charge in [0.05, 0.1) is 17.5 Å². The summed E-state index contributed by atoms with van der Waals surface area (Å²) >= 11 is 0.879. The number of carboxylic acid groups (broad SMARTS) is 1. The van der Waals surface area contributed by atoms with Gasteiger partial charge in [0, 0.05) is 6.54 Å². The van der Waals surface area contributed by atoms with Crippen molar-refractivity contribution >= 4 is 35.0 Å². The third-order valence-electron chi connectivity index (χ3n) is 3.10. The van der Waals surface area contributed by atoms with E-state index in [1.807, 2.05) is 0 Å². The number of carboxylic acids is 1. The topological polar surface area (TPSA) is 96.0 Å². The van der Waals surface area contributed by atoms with Crippen molar-refractivity contribution in [2.75, 3.05) is 19.8 Å². The minimum Gasteiger partial charge on any atom is -0.546 e. The molecule has 0 aromatic heterocycles. The third kappa shape index (κ3) is 4.08. The van der Waals surface area contributed by atoms with E-state index in [-0.39, 0.29) is 16.9 Å². The lowest BCUT2D eigenvalue weighted by atomic mass is 10.2. The summed E-state index contributed by atoms with van der Waals surface area (Å²) in [7, 11) is 0. The van der Waals surface area contributed by atoms with E-state index in [1.165, 1.54) is 0 Å². The molecule has 1 aliphatic heterocycles. The molecule has 0 radical (unpaired) electrons. The van der Waals surface area contributed by atoms with Gasteiger partial charge in [-0.1, -0.05) is 6.07 Å². The quantitative estimate of drug-likeness (QED) is 0.683. The maximum Gasteiger partial charge on any atom is 0.293 e. The standard InChI is InChI=1S/C16H17NO6S/c1-3-17-15(20)13(24-16(17)21)8-10-5-6-11(23-9-14(18)19)12(7-10)22-4-2/h5-8H,3-4,9H2,1-2H3,(H,18,19)/p-1/b13-8-. The van der Waals surface area contributed by atoms with Crippen LogP contribution in [0.15, 0.2) is 23.1 Å². The molecule has 1 aliphatic rings. The van der Waals surface area contributed by atoms with E-state index in [4.69, 9.17) is 9.47 Å². The summed E-state index contributed by atoms with van der Waals surface area (Å²) in [4.78, 5) is 35.8. The summed E-state index contributed by atoms with van der Waals surface area (Å²) in [5, 5.41) is 10.2. The summed E-state index contributed by atoms with van der Waals surface area (Å²) in [6.45, 7) is 3.60. The van der Waals surface area contributed by atoms with Crippen LogP contribution in [0, 0.1) is 0 Å². The molecule has 0 bridgehead atoms. The van der Waals surface area contributed by atoms with Crippen molar-refractivity contribution in [2.45, 2.75) is 13.8 Å². The number of carbonyl (C=O) groups excluding carboxylic acids is 3. The average Bonchev–Trinajstić information content (AvgIpc) is 2.80. The number of likely N-dealkylation sites (N-methyl/N-ethyl adjacent to an activating group) is 1. The molecule has 1 heterocycles. The highest BCUT2D eigenvalue weighted by Gasteiger charge is 2.33. The number of carbonyl (C=O) groups is 3. The summed E-state index contributed by atoms with van der Waals surface area (Å²) in [5.74, 6) is -1.06. The lowest BCUT2D eigenvalue weighted by molar-refractivity contribution is -0.307. The minimum atomic E-state index is -1.34. The van der Waals surface area contributed by atoms with Gasteiger partial charge in [-0.3, -0.25) is 14.5 Å². The molecule has 0 saturated carbocycles. The van der Waals surface area contributed by atoms with Gasteiger partial charge >= 0.3 is 0 Å². The van der Waals surface area contributed by atoms with E-state index in [0.29, 0.717) is 29.4 Å². The van der Waals surface area contributed by atoms with Crippen LogP contribution in [-0.4, -0.2) is 41.8 Å². The van der Waals surface area contributed by atoms with Crippen molar-refractivity contribution in [1.82, 2.24) is 4.90 Å². The first kappa shape index (κ1) is 17.9. The number of thioether (sulfide) groups is 1. The Labute approximate surface area is 143 Å². The zero-order valence-corrected chi connectivity index (χ0v) is 14.1. The molecule has 1 saturated heterocycles. The first-order valence-electron chi connectivity index (χ1n) is 7.31. The molecule has 0 unspecified atom stereocenters. The Morgan fingerprint density at radius 3 is 2.58 bits per heavy atom. The monoisotopic (exact) mass is 350 g/mol. The Hall–Kier alpha value is -2.48. The highest BCUT2D eigenvalue weighted by atomic mass is 32.2. The molecule has 7 nitrogen and oxygen atoms in total. The number of hydrogen-bond acceptors (Lipinski definition) is 7. The van der Waals surface area contributed by atoms with Gasteiger partial charge in [-0.05, 0) is 49.4 Å². The van der Waals surface area contributed by atoms with Gasteiger partial charge in [-0.15, -0.1) is 0 Å². The molecule has 1 fully saturated rings.